The number of rotatable bonds is 6. The highest BCUT2D eigenvalue weighted by molar-refractivity contribution is 5.95. The topological polar surface area (TPSA) is 143 Å². The average Bonchev–Trinajstić information content (AvgIpc) is 3.72. The summed E-state index contributed by atoms with van der Waals surface area (Å²) in [5, 5.41) is 28.2. The molecule has 0 spiro atoms. The van der Waals surface area contributed by atoms with Crippen LogP contribution in [-0.2, 0) is 20.7 Å². The molecule has 230 valence electrons. The van der Waals surface area contributed by atoms with E-state index < -0.39 is 23.9 Å². The zero-order chi connectivity index (χ0) is 31.6. The molecule has 44 heavy (non-hydrogen) atoms. The molecule has 0 saturated carbocycles. The molecule has 6 rings (SSSR count). The van der Waals surface area contributed by atoms with E-state index in [9.17, 15) is 19.8 Å². The fourth-order valence-corrected chi connectivity index (χ4v) is 7.57. The molecule has 6 N–H and O–H groups in total. The lowest BCUT2D eigenvalue weighted by molar-refractivity contribution is -0.142. The lowest BCUT2D eigenvalue weighted by Crippen LogP contribution is -2.38. The van der Waals surface area contributed by atoms with E-state index in [1.165, 1.54) is 12.7 Å². The van der Waals surface area contributed by atoms with Gasteiger partial charge in [0.25, 0.3) is 0 Å². The van der Waals surface area contributed by atoms with Gasteiger partial charge in [-0.3, -0.25) is 9.59 Å². The van der Waals surface area contributed by atoms with Crippen LogP contribution in [0.15, 0.2) is 12.3 Å². The number of hydrogen-bond donors (Lipinski definition) is 6. The Kier molecular flexibility index (Phi) is 7.22. The van der Waals surface area contributed by atoms with Gasteiger partial charge in [-0.15, -0.1) is 0 Å². The standard InChI is InChI=1S/C35H40N4O5/c1-8-19-15(3)22-12-24-17(5)21(10-11-28(40)41)32(38-24)30-31(35(43)44-7)34(42)29-18(6)25(39-33(29)30)14-27-20(9-2)16(4)23(37-27)13-26(19)36-22/h8,12-14,17,21,31-32,36-39,42H,1,9-11H2,2-7H3,(H,40,41)/b23-13?,24-12-,27-14-/t17-,21-,31+,32?/m0/s1. The zero-order valence-electron chi connectivity index (χ0n) is 26.1. The first-order chi connectivity index (χ1) is 21.0. The summed E-state index contributed by atoms with van der Waals surface area (Å²) in [4.78, 5) is 35.8. The van der Waals surface area contributed by atoms with Crippen LogP contribution in [0.1, 0.15) is 71.6 Å². The van der Waals surface area contributed by atoms with Crippen molar-refractivity contribution < 1.29 is 24.5 Å². The van der Waals surface area contributed by atoms with Crippen molar-refractivity contribution in [2.75, 3.05) is 7.11 Å². The van der Waals surface area contributed by atoms with Gasteiger partial charge in [0.05, 0.1) is 18.5 Å². The van der Waals surface area contributed by atoms with Crippen LogP contribution < -0.4 is 26.6 Å². The van der Waals surface area contributed by atoms with Crippen LogP contribution in [0, 0.1) is 38.5 Å². The molecule has 1 saturated heterocycles. The van der Waals surface area contributed by atoms with Crippen molar-refractivity contribution in [3.05, 3.63) is 78.4 Å². The number of allylic oxidation sites excluding steroid dienone is 1. The summed E-state index contributed by atoms with van der Waals surface area (Å²) in [5.41, 5.74) is 9.52. The fourth-order valence-electron chi connectivity index (χ4n) is 7.57. The number of H-pyrrole nitrogens is 3. The molecule has 0 aromatic carbocycles. The van der Waals surface area contributed by atoms with Crippen LogP contribution in [0.25, 0.3) is 35.6 Å². The molecule has 9 heteroatoms. The molecule has 5 heterocycles. The Labute approximate surface area is 255 Å². The number of ether oxygens (including phenoxy) is 1. The number of fused-ring (bicyclic) bond motifs is 8. The number of carbonyl (C=O) groups is 2. The van der Waals surface area contributed by atoms with Crippen LogP contribution in [0.5, 0.6) is 0 Å². The monoisotopic (exact) mass is 596 g/mol. The van der Waals surface area contributed by atoms with Gasteiger partial charge in [-0.05, 0) is 85.6 Å². The number of carbonyl (C=O) groups excluding carboxylic acids is 1. The summed E-state index contributed by atoms with van der Waals surface area (Å²) in [7, 11) is 1.32. The number of hydrogen-bond acceptors (Lipinski definition) is 5. The number of nitrogens with one attached hydrogen (secondary N) is 4. The Morgan fingerprint density at radius 1 is 1.00 bits per heavy atom. The highest BCUT2D eigenvalue weighted by Crippen LogP contribution is 2.42. The van der Waals surface area contributed by atoms with Gasteiger partial charge in [0, 0.05) is 56.6 Å². The van der Waals surface area contributed by atoms with Crippen molar-refractivity contribution in [2.24, 2.45) is 17.8 Å². The van der Waals surface area contributed by atoms with E-state index in [1.807, 2.05) is 13.0 Å². The van der Waals surface area contributed by atoms with E-state index in [-0.39, 0.29) is 24.0 Å². The molecule has 0 radical (unpaired) electrons. The highest BCUT2D eigenvalue weighted by atomic mass is 16.5. The summed E-state index contributed by atoms with van der Waals surface area (Å²) >= 11 is 0. The van der Waals surface area contributed by atoms with Gasteiger partial charge >= 0.3 is 11.9 Å². The van der Waals surface area contributed by atoms with Crippen molar-refractivity contribution in [1.82, 2.24) is 20.3 Å². The van der Waals surface area contributed by atoms with Gasteiger partial charge in [-0.1, -0.05) is 26.5 Å². The number of methoxy groups -OCH3 is 1. The van der Waals surface area contributed by atoms with Crippen LogP contribution in [0.2, 0.25) is 0 Å². The number of aliphatic hydroxyl groups excluding tert-OH is 1. The first-order valence-electron chi connectivity index (χ1n) is 15.2. The SMILES string of the molecule is C=Cc1c2[nH]c(c1C)/C=C1\NC(C3=c4[nH]c(c(C)c4=C(O)[C@@H]3C(=O)OC)/C=c3\[nH]c(c(C)c3CC)=C2)[C@@H](CCC(=O)O)[C@@H]1C. The predicted octanol–water partition coefficient (Wildman–Crippen LogP) is 2.52. The second-order valence-corrected chi connectivity index (χ2v) is 12.2. The van der Waals surface area contributed by atoms with Crippen LogP contribution >= 0.6 is 0 Å². The van der Waals surface area contributed by atoms with Gasteiger partial charge in [-0.25, -0.2) is 0 Å². The largest absolute Gasteiger partial charge is 0.510 e. The number of carboxylic acids is 1. The van der Waals surface area contributed by atoms with Crippen molar-refractivity contribution >= 4 is 47.6 Å². The Morgan fingerprint density at radius 2 is 1.70 bits per heavy atom. The smallest absolute Gasteiger partial charge is 0.320 e. The number of carboxylic acid groups (broad SMARTS) is 1. The molecule has 3 aromatic rings. The Balaban J connectivity index is 1.73. The van der Waals surface area contributed by atoms with E-state index in [1.54, 1.807) is 0 Å². The third-order valence-corrected chi connectivity index (χ3v) is 10.0. The van der Waals surface area contributed by atoms with E-state index in [2.05, 4.69) is 72.8 Å². The predicted molar refractivity (Wildman–Crippen MR) is 171 cm³/mol. The van der Waals surface area contributed by atoms with Gasteiger partial charge in [0.1, 0.15) is 11.7 Å². The van der Waals surface area contributed by atoms with E-state index in [4.69, 9.17) is 4.74 Å². The second-order valence-electron chi connectivity index (χ2n) is 12.2. The molecule has 8 bridgehead atoms. The van der Waals surface area contributed by atoms with Crippen molar-refractivity contribution in [3.63, 3.8) is 0 Å². The Bertz CT molecular complexity index is 2020. The molecular weight excluding hydrogens is 556 g/mol. The molecule has 3 aromatic heterocycles. The van der Waals surface area contributed by atoms with Crippen LogP contribution in [0.4, 0.5) is 0 Å². The van der Waals surface area contributed by atoms with Gasteiger partial charge in [0.15, 0.2) is 0 Å². The number of aliphatic hydroxyl groups is 1. The number of aromatic amines is 3. The van der Waals surface area contributed by atoms with E-state index in [0.29, 0.717) is 22.6 Å². The Hall–Kier alpha value is -4.66. The molecular formula is C35H40N4O5. The molecule has 0 amide bonds. The molecule has 1 unspecified atom stereocenters. The molecule has 1 fully saturated rings. The number of esters is 1. The van der Waals surface area contributed by atoms with E-state index in [0.717, 1.165) is 62.2 Å². The average molecular weight is 597 g/mol. The third kappa shape index (κ3) is 4.36. The van der Waals surface area contributed by atoms with E-state index >= 15 is 0 Å². The molecule has 1 aliphatic carbocycles. The van der Waals surface area contributed by atoms with Crippen molar-refractivity contribution in [3.8, 4) is 0 Å². The first-order valence-corrected chi connectivity index (χ1v) is 15.2. The number of aliphatic carboxylic acids is 1. The minimum atomic E-state index is -1.00. The zero-order valence-corrected chi connectivity index (χ0v) is 26.1. The maximum atomic E-state index is 13.3. The summed E-state index contributed by atoms with van der Waals surface area (Å²) in [6.45, 7) is 14.4. The second kappa shape index (κ2) is 10.8. The maximum absolute atomic E-state index is 13.3. The summed E-state index contributed by atoms with van der Waals surface area (Å²) in [6.07, 6.45) is 9.34. The summed E-state index contributed by atoms with van der Waals surface area (Å²) < 4.78 is 5.21. The maximum Gasteiger partial charge on any atom is 0.320 e. The molecule has 4 atom stereocenters. The van der Waals surface area contributed by atoms with Crippen molar-refractivity contribution in [1.29, 1.82) is 0 Å². The van der Waals surface area contributed by atoms with Crippen LogP contribution in [-0.4, -0.2) is 50.3 Å². The number of aromatic nitrogens is 3. The molecule has 9 nitrogen and oxygen atoms in total. The van der Waals surface area contributed by atoms with Crippen molar-refractivity contribution in [2.45, 2.75) is 59.9 Å². The normalized spacial score (nSPS) is 23.8. The third-order valence-electron chi connectivity index (χ3n) is 10.0. The minimum Gasteiger partial charge on any atom is -0.510 e. The fraction of sp³-hybridized carbons (Fsp3) is 0.371. The highest BCUT2D eigenvalue weighted by Gasteiger charge is 2.46. The summed E-state index contributed by atoms with van der Waals surface area (Å²) in [6, 6.07) is -0.424. The van der Waals surface area contributed by atoms with Gasteiger partial charge < -0.3 is 35.2 Å². The molecule has 2 aliphatic heterocycles. The first kappa shape index (κ1) is 29.4. The molecule has 3 aliphatic rings. The lowest BCUT2D eigenvalue weighted by atomic mass is 9.80. The quantitative estimate of drug-likeness (QED) is 0.242. The lowest BCUT2D eigenvalue weighted by Gasteiger charge is -2.26. The van der Waals surface area contributed by atoms with Crippen LogP contribution in [0.3, 0.4) is 0 Å². The summed E-state index contributed by atoms with van der Waals surface area (Å²) in [5.74, 6) is -2.71. The Morgan fingerprint density at radius 3 is 2.36 bits per heavy atom. The minimum absolute atomic E-state index is 0.0166. The van der Waals surface area contributed by atoms with Gasteiger partial charge in [0.2, 0.25) is 0 Å². The van der Waals surface area contributed by atoms with Gasteiger partial charge in [-0.2, -0.15) is 0 Å².